The zero-order valence-electron chi connectivity index (χ0n) is 10.1. The van der Waals surface area contributed by atoms with Crippen molar-refractivity contribution in [3.8, 4) is 0 Å². The molecule has 0 aromatic heterocycles. The number of ether oxygens (including phenoxy) is 1. The number of hydrogen-bond acceptors (Lipinski definition) is 3. The molecule has 0 saturated carbocycles. The summed E-state index contributed by atoms with van der Waals surface area (Å²) in [4.78, 5) is 13.9. The monoisotopic (exact) mass is 214 g/mol. The van der Waals surface area contributed by atoms with Gasteiger partial charge in [-0.3, -0.25) is 4.79 Å². The number of carbonyl (C=O) groups excluding carboxylic acids is 1. The van der Waals surface area contributed by atoms with Crippen molar-refractivity contribution in [3.05, 3.63) is 0 Å². The van der Waals surface area contributed by atoms with Crippen LogP contribution in [-0.4, -0.2) is 42.6 Å². The van der Waals surface area contributed by atoms with E-state index in [-0.39, 0.29) is 23.4 Å². The largest absolute Gasteiger partial charge is 0.379 e. The minimum absolute atomic E-state index is 0.104. The van der Waals surface area contributed by atoms with Gasteiger partial charge in [0.1, 0.15) is 0 Å². The third-order valence-electron chi connectivity index (χ3n) is 3.55. The Bertz CT molecular complexity index is 241. The van der Waals surface area contributed by atoms with Crippen LogP contribution < -0.4 is 5.73 Å². The lowest BCUT2D eigenvalue weighted by Gasteiger charge is -2.36. The summed E-state index contributed by atoms with van der Waals surface area (Å²) >= 11 is 0. The van der Waals surface area contributed by atoms with Crippen molar-refractivity contribution >= 4 is 5.91 Å². The summed E-state index contributed by atoms with van der Waals surface area (Å²) in [6, 6.07) is -0.146. The summed E-state index contributed by atoms with van der Waals surface area (Å²) in [5.41, 5.74) is 5.72. The van der Waals surface area contributed by atoms with E-state index in [4.69, 9.17) is 10.5 Å². The quantitative estimate of drug-likeness (QED) is 0.749. The highest BCUT2D eigenvalue weighted by Crippen LogP contribution is 2.22. The Balaban J connectivity index is 2.67. The van der Waals surface area contributed by atoms with Crippen molar-refractivity contribution in [2.45, 2.75) is 38.8 Å². The Hall–Kier alpha value is -0.610. The van der Waals surface area contributed by atoms with E-state index < -0.39 is 0 Å². The normalized spacial score (nSPS) is 26.7. The molecule has 1 amide bonds. The summed E-state index contributed by atoms with van der Waals surface area (Å²) in [6.45, 7) is 7.16. The Labute approximate surface area is 91.8 Å². The molecule has 0 bridgehead atoms. The molecular weight excluding hydrogens is 192 g/mol. The molecule has 4 nitrogen and oxygen atoms in total. The lowest BCUT2D eigenvalue weighted by atomic mass is 9.95. The number of carbonyl (C=O) groups is 1. The van der Waals surface area contributed by atoms with E-state index in [9.17, 15) is 4.79 Å². The van der Waals surface area contributed by atoms with E-state index in [2.05, 4.69) is 20.8 Å². The van der Waals surface area contributed by atoms with Gasteiger partial charge in [-0.2, -0.15) is 0 Å². The highest BCUT2D eigenvalue weighted by Gasteiger charge is 2.37. The Morgan fingerprint density at radius 2 is 2.13 bits per heavy atom. The van der Waals surface area contributed by atoms with Gasteiger partial charge in [0.15, 0.2) is 0 Å². The molecule has 2 unspecified atom stereocenters. The molecule has 1 aliphatic heterocycles. The molecule has 0 aliphatic carbocycles. The maximum atomic E-state index is 12.1. The zero-order chi connectivity index (χ0) is 11.6. The lowest BCUT2D eigenvalue weighted by Crippen LogP contribution is -2.50. The second-order valence-corrected chi connectivity index (χ2v) is 4.87. The summed E-state index contributed by atoms with van der Waals surface area (Å²) in [6.07, 6.45) is 0.929. The summed E-state index contributed by atoms with van der Waals surface area (Å²) in [5.74, 6) is -0.0623. The number of hydrogen-bond donors (Lipinski definition) is 1. The predicted octanol–water partition coefficient (Wildman–Crippen LogP) is 0.607. The zero-order valence-corrected chi connectivity index (χ0v) is 10.1. The van der Waals surface area contributed by atoms with Crippen LogP contribution in [0.25, 0.3) is 0 Å². The Morgan fingerprint density at radius 3 is 2.53 bits per heavy atom. The number of amides is 1. The van der Waals surface area contributed by atoms with E-state index in [1.54, 1.807) is 4.90 Å². The molecule has 4 heteroatoms. The first-order valence-electron chi connectivity index (χ1n) is 5.51. The van der Waals surface area contributed by atoms with Gasteiger partial charge in [-0.1, -0.05) is 6.92 Å². The first-order valence-corrected chi connectivity index (χ1v) is 5.51. The summed E-state index contributed by atoms with van der Waals surface area (Å²) in [5, 5.41) is 0. The Morgan fingerprint density at radius 1 is 1.53 bits per heavy atom. The fourth-order valence-electron chi connectivity index (χ4n) is 1.61. The third-order valence-corrected chi connectivity index (χ3v) is 3.55. The second kappa shape index (κ2) is 4.49. The van der Waals surface area contributed by atoms with Crippen LogP contribution >= 0.6 is 0 Å². The van der Waals surface area contributed by atoms with Crippen molar-refractivity contribution in [2.24, 2.45) is 11.7 Å². The van der Waals surface area contributed by atoms with Gasteiger partial charge in [0.25, 0.3) is 0 Å². The van der Waals surface area contributed by atoms with Crippen molar-refractivity contribution in [1.82, 2.24) is 4.90 Å². The standard InChI is InChI=1S/C11H22N2O2/c1-5-11(2,3)13(4)10(14)8-6-15-7-9(8)12/h8-9H,5-7,12H2,1-4H3. The van der Waals surface area contributed by atoms with Gasteiger partial charge in [0.2, 0.25) is 5.91 Å². The van der Waals surface area contributed by atoms with Gasteiger partial charge >= 0.3 is 0 Å². The van der Waals surface area contributed by atoms with E-state index in [1.807, 2.05) is 7.05 Å². The van der Waals surface area contributed by atoms with Crippen LogP contribution in [0.15, 0.2) is 0 Å². The van der Waals surface area contributed by atoms with Gasteiger partial charge in [0, 0.05) is 18.6 Å². The molecule has 0 radical (unpaired) electrons. The van der Waals surface area contributed by atoms with Crippen LogP contribution in [-0.2, 0) is 9.53 Å². The van der Waals surface area contributed by atoms with Crippen LogP contribution in [0.1, 0.15) is 27.2 Å². The molecule has 1 aliphatic rings. The van der Waals surface area contributed by atoms with Gasteiger partial charge < -0.3 is 15.4 Å². The smallest absolute Gasteiger partial charge is 0.229 e. The molecule has 0 spiro atoms. The lowest BCUT2D eigenvalue weighted by molar-refractivity contribution is -0.139. The number of nitrogens with zero attached hydrogens (tertiary/aromatic N) is 1. The summed E-state index contributed by atoms with van der Waals surface area (Å²) in [7, 11) is 1.84. The second-order valence-electron chi connectivity index (χ2n) is 4.87. The molecule has 1 fully saturated rings. The molecule has 88 valence electrons. The van der Waals surface area contributed by atoms with E-state index >= 15 is 0 Å². The highest BCUT2D eigenvalue weighted by molar-refractivity contribution is 5.80. The topological polar surface area (TPSA) is 55.6 Å². The minimum atomic E-state index is -0.166. The van der Waals surface area contributed by atoms with Crippen LogP contribution in [0, 0.1) is 5.92 Å². The molecule has 2 atom stereocenters. The van der Waals surface area contributed by atoms with Gasteiger partial charge in [-0.05, 0) is 20.3 Å². The first kappa shape index (κ1) is 12.5. The number of nitrogens with two attached hydrogens (primary N) is 1. The molecule has 0 aromatic rings. The molecule has 0 aromatic carbocycles. The molecule has 15 heavy (non-hydrogen) atoms. The SMILES string of the molecule is CCC(C)(C)N(C)C(=O)C1COCC1N. The first-order chi connectivity index (χ1) is 6.90. The van der Waals surface area contributed by atoms with Crippen LogP contribution in [0.2, 0.25) is 0 Å². The van der Waals surface area contributed by atoms with Gasteiger partial charge in [-0.15, -0.1) is 0 Å². The van der Waals surface area contributed by atoms with E-state index in [1.165, 1.54) is 0 Å². The molecule has 1 heterocycles. The maximum absolute atomic E-state index is 12.1. The van der Waals surface area contributed by atoms with Gasteiger partial charge in [-0.25, -0.2) is 0 Å². The molecule has 2 N–H and O–H groups in total. The highest BCUT2D eigenvalue weighted by atomic mass is 16.5. The predicted molar refractivity (Wildman–Crippen MR) is 59.4 cm³/mol. The fraction of sp³-hybridized carbons (Fsp3) is 0.909. The van der Waals surface area contributed by atoms with E-state index in [0.29, 0.717) is 13.2 Å². The van der Waals surface area contributed by atoms with Crippen molar-refractivity contribution in [2.75, 3.05) is 20.3 Å². The maximum Gasteiger partial charge on any atom is 0.229 e. The molecule has 1 rings (SSSR count). The average molecular weight is 214 g/mol. The number of rotatable bonds is 3. The van der Waals surface area contributed by atoms with Crippen molar-refractivity contribution < 1.29 is 9.53 Å². The van der Waals surface area contributed by atoms with Crippen molar-refractivity contribution in [1.29, 1.82) is 0 Å². The van der Waals surface area contributed by atoms with Crippen LogP contribution in [0.4, 0.5) is 0 Å². The molecule has 1 saturated heterocycles. The van der Waals surface area contributed by atoms with Crippen LogP contribution in [0.3, 0.4) is 0 Å². The van der Waals surface area contributed by atoms with Crippen molar-refractivity contribution in [3.63, 3.8) is 0 Å². The summed E-state index contributed by atoms with van der Waals surface area (Å²) < 4.78 is 5.21. The average Bonchev–Trinajstić information content (AvgIpc) is 2.62. The van der Waals surface area contributed by atoms with Gasteiger partial charge in [0.05, 0.1) is 19.1 Å². The molecular formula is C11H22N2O2. The Kier molecular flexibility index (Phi) is 3.73. The fourth-order valence-corrected chi connectivity index (χ4v) is 1.61. The third kappa shape index (κ3) is 2.49. The van der Waals surface area contributed by atoms with Crippen LogP contribution in [0.5, 0.6) is 0 Å². The minimum Gasteiger partial charge on any atom is -0.379 e. The van der Waals surface area contributed by atoms with E-state index in [0.717, 1.165) is 6.42 Å².